The second-order valence-corrected chi connectivity index (χ2v) is 6.23. The lowest BCUT2D eigenvalue weighted by Gasteiger charge is -2.16. The minimum atomic E-state index is 0.00120. The Kier molecular flexibility index (Phi) is 5.14. The number of hydrogen-bond acceptors (Lipinski definition) is 3. The molecule has 1 aromatic carbocycles. The van der Waals surface area contributed by atoms with Crippen LogP contribution in [0.1, 0.15) is 32.3 Å². The monoisotopic (exact) mass is 324 g/mol. The van der Waals surface area contributed by atoms with Crippen LogP contribution in [-0.4, -0.2) is 23.5 Å². The lowest BCUT2D eigenvalue weighted by atomic mass is 10.0. The van der Waals surface area contributed by atoms with Crippen molar-refractivity contribution in [1.82, 2.24) is 10.3 Å². The molecule has 3 rings (SSSR count). The van der Waals surface area contributed by atoms with Crippen LogP contribution >= 0.6 is 0 Å². The number of carbonyl (C=O) groups excluding carboxylic acids is 1. The predicted octanol–water partition coefficient (Wildman–Crippen LogP) is 3.60. The predicted molar refractivity (Wildman–Crippen MR) is 94.9 cm³/mol. The third-order valence-corrected chi connectivity index (χ3v) is 4.68. The number of carbonyl (C=O) groups is 1. The Morgan fingerprint density at radius 1 is 1.25 bits per heavy atom. The standard InChI is InChI=1S/C20H24N2O2/c1-3-14(4-2)20(23)22-13-17-12-16-6-5-7-18(19(16)24-17)15-8-10-21-11-9-15/h5-11,14,17H,3-4,12-13H2,1-2H3,(H,22,23)/t17-/m1/s1. The molecule has 1 amide bonds. The number of para-hydroxylation sites is 1. The quantitative estimate of drug-likeness (QED) is 0.883. The van der Waals surface area contributed by atoms with Crippen molar-refractivity contribution in [1.29, 1.82) is 0 Å². The van der Waals surface area contributed by atoms with Gasteiger partial charge in [-0.2, -0.15) is 0 Å². The Hall–Kier alpha value is -2.36. The van der Waals surface area contributed by atoms with Gasteiger partial charge in [-0.3, -0.25) is 9.78 Å². The zero-order valence-electron chi connectivity index (χ0n) is 14.3. The van der Waals surface area contributed by atoms with E-state index in [-0.39, 0.29) is 17.9 Å². The van der Waals surface area contributed by atoms with Gasteiger partial charge in [0.2, 0.25) is 5.91 Å². The number of hydrogen-bond donors (Lipinski definition) is 1. The van der Waals surface area contributed by atoms with Crippen molar-refractivity contribution in [3.8, 4) is 16.9 Å². The van der Waals surface area contributed by atoms with Gasteiger partial charge >= 0.3 is 0 Å². The van der Waals surface area contributed by atoms with Gasteiger partial charge in [0.05, 0.1) is 6.54 Å². The van der Waals surface area contributed by atoms with Crippen molar-refractivity contribution in [2.24, 2.45) is 5.92 Å². The molecule has 24 heavy (non-hydrogen) atoms. The minimum absolute atomic E-state index is 0.00120. The molecule has 0 fully saturated rings. The summed E-state index contributed by atoms with van der Waals surface area (Å²) >= 11 is 0. The summed E-state index contributed by atoms with van der Waals surface area (Å²) in [6.07, 6.45) is 6.16. The number of nitrogens with one attached hydrogen (secondary N) is 1. The van der Waals surface area contributed by atoms with E-state index in [4.69, 9.17) is 4.74 Å². The number of aromatic nitrogens is 1. The van der Waals surface area contributed by atoms with Gasteiger partial charge in [0, 0.05) is 30.3 Å². The third kappa shape index (κ3) is 3.42. The highest BCUT2D eigenvalue weighted by molar-refractivity contribution is 5.78. The van der Waals surface area contributed by atoms with E-state index in [2.05, 4.69) is 42.3 Å². The summed E-state index contributed by atoms with van der Waals surface area (Å²) in [6, 6.07) is 10.2. The third-order valence-electron chi connectivity index (χ3n) is 4.68. The Morgan fingerprint density at radius 2 is 2.00 bits per heavy atom. The first-order chi connectivity index (χ1) is 11.7. The Labute approximate surface area is 143 Å². The molecule has 1 aliphatic heterocycles. The Balaban J connectivity index is 1.68. The van der Waals surface area contributed by atoms with Crippen molar-refractivity contribution in [2.45, 2.75) is 39.2 Å². The minimum Gasteiger partial charge on any atom is -0.487 e. The van der Waals surface area contributed by atoms with E-state index in [1.54, 1.807) is 12.4 Å². The Morgan fingerprint density at radius 3 is 2.71 bits per heavy atom. The first-order valence-electron chi connectivity index (χ1n) is 8.69. The average Bonchev–Trinajstić information content (AvgIpc) is 3.04. The van der Waals surface area contributed by atoms with Crippen molar-refractivity contribution in [3.05, 3.63) is 48.3 Å². The van der Waals surface area contributed by atoms with Crippen LogP contribution in [0.15, 0.2) is 42.7 Å². The molecule has 0 saturated heterocycles. The fourth-order valence-corrected chi connectivity index (χ4v) is 3.23. The van der Waals surface area contributed by atoms with Gasteiger partial charge in [0.15, 0.2) is 0 Å². The second-order valence-electron chi connectivity index (χ2n) is 6.23. The van der Waals surface area contributed by atoms with E-state index < -0.39 is 0 Å². The molecule has 0 saturated carbocycles. The van der Waals surface area contributed by atoms with Crippen LogP contribution in [0.2, 0.25) is 0 Å². The molecule has 126 valence electrons. The summed E-state index contributed by atoms with van der Waals surface area (Å²) in [5.74, 6) is 1.17. The molecule has 1 aromatic heterocycles. The maximum absolute atomic E-state index is 12.1. The maximum atomic E-state index is 12.1. The molecular weight excluding hydrogens is 300 g/mol. The number of nitrogens with zero attached hydrogens (tertiary/aromatic N) is 1. The van der Waals surface area contributed by atoms with Crippen molar-refractivity contribution in [2.75, 3.05) is 6.54 Å². The van der Waals surface area contributed by atoms with Gasteiger partial charge < -0.3 is 10.1 Å². The van der Waals surface area contributed by atoms with Gasteiger partial charge in [-0.25, -0.2) is 0 Å². The molecule has 4 heteroatoms. The zero-order valence-corrected chi connectivity index (χ0v) is 14.3. The summed E-state index contributed by atoms with van der Waals surface area (Å²) in [7, 11) is 0. The first kappa shape index (κ1) is 16.5. The summed E-state index contributed by atoms with van der Waals surface area (Å²) in [5, 5.41) is 3.05. The molecular formula is C20H24N2O2. The van der Waals surface area contributed by atoms with E-state index in [1.807, 2.05) is 12.1 Å². The van der Waals surface area contributed by atoms with Crippen LogP contribution in [-0.2, 0) is 11.2 Å². The molecule has 2 aromatic rings. The lowest BCUT2D eigenvalue weighted by molar-refractivity contribution is -0.125. The fourth-order valence-electron chi connectivity index (χ4n) is 3.23. The number of rotatable bonds is 6. The topological polar surface area (TPSA) is 51.2 Å². The Bertz CT molecular complexity index is 696. The summed E-state index contributed by atoms with van der Waals surface area (Å²) < 4.78 is 6.15. The molecule has 1 atom stereocenters. The van der Waals surface area contributed by atoms with E-state index in [0.717, 1.165) is 36.1 Å². The molecule has 0 aliphatic carbocycles. The molecule has 0 radical (unpaired) electrons. The fraction of sp³-hybridized carbons (Fsp3) is 0.400. The van der Waals surface area contributed by atoms with Crippen LogP contribution < -0.4 is 10.1 Å². The molecule has 2 heterocycles. The second kappa shape index (κ2) is 7.47. The van der Waals surface area contributed by atoms with Crippen molar-refractivity contribution < 1.29 is 9.53 Å². The van der Waals surface area contributed by atoms with Gasteiger partial charge in [-0.1, -0.05) is 32.0 Å². The normalized spacial score (nSPS) is 15.9. The number of fused-ring (bicyclic) bond motifs is 1. The van der Waals surface area contributed by atoms with Gasteiger partial charge in [-0.05, 0) is 36.1 Å². The molecule has 0 bridgehead atoms. The molecule has 4 nitrogen and oxygen atoms in total. The zero-order chi connectivity index (χ0) is 16.9. The summed E-state index contributed by atoms with van der Waals surface area (Å²) in [6.45, 7) is 4.66. The van der Waals surface area contributed by atoms with Crippen LogP contribution in [0.25, 0.3) is 11.1 Å². The van der Waals surface area contributed by atoms with Crippen molar-refractivity contribution in [3.63, 3.8) is 0 Å². The van der Waals surface area contributed by atoms with Crippen LogP contribution in [0.4, 0.5) is 0 Å². The van der Waals surface area contributed by atoms with Crippen molar-refractivity contribution >= 4 is 5.91 Å². The van der Waals surface area contributed by atoms with Gasteiger partial charge in [0.1, 0.15) is 11.9 Å². The molecule has 1 N–H and O–H groups in total. The van der Waals surface area contributed by atoms with E-state index in [0.29, 0.717) is 6.54 Å². The van der Waals surface area contributed by atoms with E-state index in [1.165, 1.54) is 5.56 Å². The highest BCUT2D eigenvalue weighted by atomic mass is 16.5. The van der Waals surface area contributed by atoms with Crippen LogP contribution in [0.3, 0.4) is 0 Å². The summed E-state index contributed by atoms with van der Waals surface area (Å²) in [5.41, 5.74) is 3.39. The lowest BCUT2D eigenvalue weighted by Crippen LogP contribution is -2.37. The van der Waals surface area contributed by atoms with Gasteiger partial charge in [-0.15, -0.1) is 0 Å². The maximum Gasteiger partial charge on any atom is 0.223 e. The first-order valence-corrected chi connectivity index (χ1v) is 8.69. The smallest absolute Gasteiger partial charge is 0.223 e. The SMILES string of the molecule is CCC(CC)C(=O)NC[C@H]1Cc2cccc(-c3ccncc3)c2O1. The molecule has 0 unspecified atom stereocenters. The van der Waals surface area contributed by atoms with Crippen LogP contribution in [0.5, 0.6) is 5.75 Å². The highest BCUT2D eigenvalue weighted by Crippen LogP contribution is 2.38. The number of ether oxygens (including phenoxy) is 1. The molecule has 0 spiro atoms. The number of amides is 1. The molecule has 1 aliphatic rings. The van der Waals surface area contributed by atoms with Crippen LogP contribution in [0, 0.1) is 5.92 Å². The summed E-state index contributed by atoms with van der Waals surface area (Å²) in [4.78, 5) is 16.2. The average molecular weight is 324 g/mol. The number of pyridine rings is 1. The number of benzene rings is 1. The van der Waals surface area contributed by atoms with E-state index in [9.17, 15) is 4.79 Å². The van der Waals surface area contributed by atoms with E-state index >= 15 is 0 Å². The van der Waals surface area contributed by atoms with Gasteiger partial charge in [0.25, 0.3) is 0 Å². The largest absolute Gasteiger partial charge is 0.487 e. The highest BCUT2D eigenvalue weighted by Gasteiger charge is 2.26.